The van der Waals surface area contributed by atoms with Crippen LogP contribution in [0.2, 0.25) is 18.1 Å². The van der Waals surface area contributed by atoms with E-state index >= 15 is 0 Å². The highest BCUT2D eigenvalue weighted by Gasteiger charge is 2.36. The van der Waals surface area contributed by atoms with Gasteiger partial charge in [-0.15, -0.1) is 0 Å². The molecular weight excluding hydrogens is 308 g/mol. The Morgan fingerprint density at radius 3 is 2.48 bits per heavy atom. The Morgan fingerprint density at radius 2 is 1.96 bits per heavy atom. The molecule has 0 bridgehead atoms. The summed E-state index contributed by atoms with van der Waals surface area (Å²) in [7, 11) is -1.64. The summed E-state index contributed by atoms with van der Waals surface area (Å²) in [6.45, 7) is 16.5. The van der Waals surface area contributed by atoms with Crippen molar-refractivity contribution in [3.8, 4) is 0 Å². The number of hydrogen-bond acceptors (Lipinski definition) is 4. The maximum atomic E-state index is 10.0. The van der Waals surface area contributed by atoms with Crippen LogP contribution in [0.1, 0.15) is 53.9 Å². The van der Waals surface area contributed by atoms with Gasteiger partial charge in [0.2, 0.25) is 0 Å². The van der Waals surface area contributed by atoms with E-state index in [1.807, 2.05) is 26.0 Å². The van der Waals surface area contributed by atoms with E-state index < -0.39 is 20.2 Å². The lowest BCUT2D eigenvalue weighted by Gasteiger charge is -2.36. The minimum Gasteiger partial charge on any atom is -0.417 e. The maximum Gasteiger partial charge on any atom is 0.191 e. The van der Waals surface area contributed by atoms with E-state index in [0.29, 0.717) is 6.61 Å². The molecule has 1 aliphatic heterocycles. The molecule has 0 aliphatic carbocycles. The van der Waals surface area contributed by atoms with Gasteiger partial charge in [0.1, 0.15) is 6.10 Å². The Hall–Kier alpha value is -0.203. The fourth-order valence-corrected chi connectivity index (χ4v) is 3.25. The van der Waals surface area contributed by atoms with Gasteiger partial charge in [0.15, 0.2) is 14.1 Å². The van der Waals surface area contributed by atoms with Crippen molar-refractivity contribution in [2.45, 2.75) is 90.0 Å². The molecule has 1 saturated heterocycles. The van der Waals surface area contributed by atoms with E-state index in [1.54, 1.807) is 0 Å². The standard InChI is InChI=1S/C18H36O4Si/c1-17(2,3)23(6,7)21-13-9-8-10-15(19)11-12-16-14-20-18(4,5)22-16/h11-12,15-16,19H,8-10,13-14H2,1-7H3/b12-11+/t15?,16-/m0/s1. The monoisotopic (exact) mass is 344 g/mol. The Balaban J connectivity index is 2.16. The molecule has 23 heavy (non-hydrogen) atoms. The number of aliphatic hydroxyl groups is 1. The van der Waals surface area contributed by atoms with E-state index in [-0.39, 0.29) is 11.1 Å². The highest BCUT2D eigenvalue weighted by atomic mass is 28.4. The third-order valence-corrected chi connectivity index (χ3v) is 9.28. The highest BCUT2D eigenvalue weighted by Crippen LogP contribution is 2.36. The third-order valence-electron chi connectivity index (χ3n) is 4.74. The van der Waals surface area contributed by atoms with E-state index in [4.69, 9.17) is 13.9 Å². The Bertz CT molecular complexity index is 385. The van der Waals surface area contributed by atoms with Crippen LogP contribution in [0.4, 0.5) is 0 Å². The molecule has 1 rings (SSSR count). The Kier molecular flexibility index (Phi) is 7.48. The summed E-state index contributed by atoms with van der Waals surface area (Å²) in [5, 5.41) is 10.3. The SMILES string of the molecule is CC1(C)OC[C@H](/C=C/C(O)CCCCO[Si](C)(C)C(C)(C)C)O1. The molecule has 0 aromatic rings. The van der Waals surface area contributed by atoms with E-state index in [2.05, 4.69) is 33.9 Å². The van der Waals surface area contributed by atoms with Crippen molar-refractivity contribution in [1.29, 1.82) is 0 Å². The summed E-state index contributed by atoms with van der Waals surface area (Å²) < 4.78 is 17.3. The van der Waals surface area contributed by atoms with Crippen molar-refractivity contribution in [2.75, 3.05) is 13.2 Å². The first-order chi connectivity index (χ1) is 10.4. The van der Waals surface area contributed by atoms with Crippen LogP contribution in [0.5, 0.6) is 0 Å². The first kappa shape index (κ1) is 20.8. The van der Waals surface area contributed by atoms with Gasteiger partial charge in [-0.3, -0.25) is 0 Å². The summed E-state index contributed by atoms with van der Waals surface area (Å²) in [4.78, 5) is 0. The van der Waals surface area contributed by atoms with Crippen molar-refractivity contribution in [2.24, 2.45) is 0 Å². The number of aliphatic hydroxyl groups excluding tert-OH is 1. The Morgan fingerprint density at radius 1 is 1.30 bits per heavy atom. The molecule has 0 saturated carbocycles. The molecule has 0 radical (unpaired) electrons. The number of hydrogen-bond donors (Lipinski definition) is 1. The maximum absolute atomic E-state index is 10.0. The van der Waals surface area contributed by atoms with Crippen LogP contribution in [0.15, 0.2) is 12.2 Å². The lowest BCUT2D eigenvalue weighted by Crippen LogP contribution is -2.40. The molecule has 0 spiro atoms. The van der Waals surface area contributed by atoms with Gasteiger partial charge in [-0.05, 0) is 51.2 Å². The predicted molar refractivity (Wildman–Crippen MR) is 97.1 cm³/mol. The average molecular weight is 345 g/mol. The zero-order chi connectivity index (χ0) is 17.7. The molecule has 5 heteroatoms. The lowest BCUT2D eigenvalue weighted by atomic mass is 10.1. The van der Waals surface area contributed by atoms with Gasteiger partial charge in [0, 0.05) is 6.61 Å². The summed E-state index contributed by atoms with van der Waals surface area (Å²) in [6, 6.07) is 0. The van der Waals surface area contributed by atoms with Gasteiger partial charge in [-0.25, -0.2) is 0 Å². The molecule has 4 nitrogen and oxygen atoms in total. The molecule has 2 atom stereocenters. The number of unbranched alkanes of at least 4 members (excludes halogenated alkanes) is 1. The minimum atomic E-state index is -1.64. The predicted octanol–water partition coefficient (Wildman–Crippen LogP) is 4.25. The first-order valence-corrected chi connectivity index (χ1v) is 11.7. The van der Waals surface area contributed by atoms with Gasteiger partial charge in [0.05, 0.1) is 12.7 Å². The molecule has 1 aliphatic rings. The summed E-state index contributed by atoms with van der Waals surface area (Å²) in [5.41, 5.74) is 0. The summed E-state index contributed by atoms with van der Waals surface area (Å²) in [6.07, 6.45) is 5.97. The topological polar surface area (TPSA) is 47.9 Å². The third kappa shape index (κ3) is 7.48. The van der Waals surface area contributed by atoms with Crippen LogP contribution in [0.25, 0.3) is 0 Å². The molecule has 1 N–H and O–H groups in total. The summed E-state index contributed by atoms with van der Waals surface area (Å²) >= 11 is 0. The van der Waals surface area contributed by atoms with Crippen LogP contribution in [-0.4, -0.2) is 44.6 Å². The normalized spacial score (nSPS) is 23.6. The van der Waals surface area contributed by atoms with Crippen LogP contribution in [0, 0.1) is 0 Å². The van der Waals surface area contributed by atoms with Gasteiger partial charge >= 0.3 is 0 Å². The molecule has 1 fully saturated rings. The quantitative estimate of drug-likeness (QED) is 0.406. The second kappa shape index (κ2) is 8.25. The smallest absolute Gasteiger partial charge is 0.191 e. The second-order valence-corrected chi connectivity index (χ2v) is 13.2. The minimum absolute atomic E-state index is 0.0541. The highest BCUT2D eigenvalue weighted by molar-refractivity contribution is 6.74. The first-order valence-electron chi connectivity index (χ1n) is 8.75. The second-order valence-electron chi connectivity index (χ2n) is 8.42. The Labute approximate surface area is 143 Å². The van der Waals surface area contributed by atoms with Gasteiger partial charge < -0.3 is 19.0 Å². The zero-order valence-corrected chi connectivity index (χ0v) is 17.0. The molecular formula is C18H36O4Si. The largest absolute Gasteiger partial charge is 0.417 e. The van der Waals surface area contributed by atoms with Gasteiger partial charge in [-0.1, -0.05) is 32.9 Å². The van der Waals surface area contributed by atoms with Crippen LogP contribution >= 0.6 is 0 Å². The number of ether oxygens (including phenoxy) is 2. The van der Waals surface area contributed by atoms with E-state index in [9.17, 15) is 5.11 Å². The van der Waals surface area contributed by atoms with Crippen LogP contribution in [0.3, 0.4) is 0 Å². The molecule has 136 valence electrons. The molecule has 0 aromatic carbocycles. The lowest BCUT2D eigenvalue weighted by molar-refractivity contribution is -0.133. The molecule has 1 unspecified atom stereocenters. The van der Waals surface area contributed by atoms with E-state index in [1.165, 1.54) is 0 Å². The van der Waals surface area contributed by atoms with Crippen molar-refractivity contribution >= 4 is 8.32 Å². The fraction of sp³-hybridized carbons (Fsp3) is 0.889. The van der Waals surface area contributed by atoms with E-state index in [0.717, 1.165) is 25.9 Å². The van der Waals surface area contributed by atoms with Gasteiger partial charge in [0.25, 0.3) is 0 Å². The van der Waals surface area contributed by atoms with Crippen molar-refractivity contribution in [1.82, 2.24) is 0 Å². The fourth-order valence-electron chi connectivity index (χ4n) is 2.16. The molecule has 0 aromatic heterocycles. The van der Waals surface area contributed by atoms with Crippen molar-refractivity contribution in [3.63, 3.8) is 0 Å². The average Bonchev–Trinajstić information content (AvgIpc) is 2.74. The molecule has 1 heterocycles. The van der Waals surface area contributed by atoms with Gasteiger partial charge in [-0.2, -0.15) is 0 Å². The van der Waals surface area contributed by atoms with Crippen molar-refractivity contribution < 1.29 is 19.0 Å². The number of rotatable bonds is 8. The van der Waals surface area contributed by atoms with Crippen LogP contribution in [-0.2, 0) is 13.9 Å². The molecule has 0 amide bonds. The zero-order valence-electron chi connectivity index (χ0n) is 16.0. The van der Waals surface area contributed by atoms with Crippen molar-refractivity contribution in [3.05, 3.63) is 12.2 Å². The van der Waals surface area contributed by atoms with Crippen LogP contribution < -0.4 is 0 Å². The summed E-state index contributed by atoms with van der Waals surface area (Å²) in [5.74, 6) is -0.513.